The van der Waals surface area contributed by atoms with Gasteiger partial charge in [-0.05, 0) is 54.8 Å². The molecule has 11 heteroatoms. The van der Waals surface area contributed by atoms with Gasteiger partial charge in [0.1, 0.15) is 12.4 Å². The molecule has 0 atom stereocenters. The minimum Gasteiger partial charge on any atom is -0.493 e. The molecule has 0 fully saturated rings. The summed E-state index contributed by atoms with van der Waals surface area (Å²) in [5.74, 6) is -0.225. The van der Waals surface area contributed by atoms with Gasteiger partial charge in [-0.2, -0.15) is 0 Å². The maximum Gasteiger partial charge on any atom is 0.331 e. The van der Waals surface area contributed by atoms with E-state index in [2.05, 4.69) is 10.6 Å². The van der Waals surface area contributed by atoms with Crippen molar-refractivity contribution in [3.63, 3.8) is 0 Å². The molecule has 0 saturated heterocycles. The van der Waals surface area contributed by atoms with Crippen molar-refractivity contribution in [3.05, 3.63) is 98.9 Å². The van der Waals surface area contributed by atoms with Crippen LogP contribution in [0.5, 0.6) is 11.5 Å². The van der Waals surface area contributed by atoms with Gasteiger partial charge in [0, 0.05) is 19.5 Å². The number of aromatic nitrogens is 2. The van der Waals surface area contributed by atoms with Crippen molar-refractivity contribution in [2.24, 2.45) is 0 Å². The van der Waals surface area contributed by atoms with Crippen molar-refractivity contribution >= 4 is 28.4 Å². The quantitative estimate of drug-likeness (QED) is 0.274. The average Bonchev–Trinajstić information content (AvgIpc) is 2.98. The van der Waals surface area contributed by atoms with E-state index in [0.29, 0.717) is 24.5 Å². The molecular weight excluding hydrogens is 531 g/mol. The molecule has 0 spiro atoms. The minimum atomic E-state index is -0.689. The van der Waals surface area contributed by atoms with E-state index in [1.165, 1.54) is 22.8 Å². The van der Waals surface area contributed by atoms with E-state index in [1.807, 2.05) is 12.1 Å². The van der Waals surface area contributed by atoms with Crippen LogP contribution in [0.4, 0.5) is 10.1 Å². The van der Waals surface area contributed by atoms with Crippen LogP contribution in [0.3, 0.4) is 0 Å². The Bertz CT molecular complexity index is 1680. The smallest absolute Gasteiger partial charge is 0.331 e. The second kappa shape index (κ2) is 13.4. The molecule has 0 aliphatic rings. The van der Waals surface area contributed by atoms with E-state index in [1.54, 1.807) is 50.6 Å². The van der Waals surface area contributed by atoms with Crippen LogP contribution in [-0.4, -0.2) is 41.7 Å². The van der Waals surface area contributed by atoms with Gasteiger partial charge in [0.15, 0.2) is 11.5 Å². The Morgan fingerprint density at radius 1 is 0.878 bits per heavy atom. The second-order valence-electron chi connectivity index (χ2n) is 9.26. The number of nitrogens with zero attached hydrogens (tertiary/aromatic N) is 2. The number of carbonyl (C=O) groups is 2. The highest BCUT2D eigenvalue weighted by molar-refractivity contribution is 5.91. The second-order valence-corrected chi connectivity index (χ2v) is 9.26. The number of hydrogen-bond acceptors (Lipinski definition) is 6. The molecule has 2 N–H and O–H groups in total. The fourth-order valence-electron chi connectivity index (χ4n) is 4.49. The third kappa shape index (κ3) is 6.99. The van der Waals surface area contributed by atoms with Crippen LogP contribution >= 0.6 is 0 Å². The summed E-state index contributed by atoms with van der Waals surface area (Å²) in [6.45, 7) is -0.0424. The fraction of sp³-hybridized carbons (Fsp3) is 0.267. The average molecular weight is 563 g/mol. The molecule has 41 heavy (non-hydrogen) atoms. The zero-order valence-corrected chi connectivity index (χ0v) is 22.8. The Labute approximate surface area is 235 Å². The van der Waals surface area contributed by atoms with Gasteiger partial charge in [0.2, 0.25) is 11.8 Å². The number of halogens is 1. The van der Waals surface area contributed by atoms with Crippen LogP contribution in [-0.2, 0) is 29.1 Å². The number of hydrogen-bond donors (Lipinski definition) is 2. The van der Waals surface area contributed by atoms with Gasteiger partial charge in [-0.1, -0.05) is 30.3 Å². The van der Waals surface area contributed by atoms with Gasteiger partial charge in [-0.25, -0.2) is 9.18 Å². The standard InChI is InChI=1S/C30H31FN4O6/c1-40-25-14-13-20(18-26(25)41-2)15-16-32-27(36)12-7-17-34-29(38)21-8-3-6-11-24(21)35(30(34)39)19-28(37)33-23-10-5-4-9-22(23)31/h3-6,8-11,13-14,18H,7,12,15-17,19H2,1-2H3,(H,32,36)(H,33,37). The van der Waals surface area contributed by atoms with Gasteiger partial charge in [0.05, 0.1) is 30.8 Å². The zero-order chi connectivity index (χ0) is 29.4. The highest BCUT2D eigenvalue weighted by Gasteiger charge is 2.16. The molecule has 214 valence electrons. The molecule has 1 aromatic heterocycles. The topological polar surface area (TPSA) is 121 Å². The highest BCUT2D eigenvalue weighted by atomic mass is 19.1. The lowest BCUT2D eigenvalue weighted by Gasteiger charge is -2.14. The summed E-state index contributed by atoms with van der Waals surface area (Å²) in [5.41, 5.74) is 0.0392. The first kappa shape index (κ1) is 29.1. The number of amides is 2. The molecule has 0 saturated carbocycles. The fourth-order valence-corrected chi connectivity index (χ4v) is 4.49. The van der Waals surface area contributed by atoms with Crippen LogP contribution in [0, 0.1) is 5.82 Å². The first-order chi connectivity index (χ1) is 19.8. The Morgan fingerprint density at radius 3 is 2.37 bits per heavy atom. The normalized spacial score (nSPS) is 10.8. The molecule has 4 rings (SSSR count). The van der Waals surface area contributed by atoms with Crippen molar-refractivity contribution in [2.45, 2.75) is 32.4 Å². The number of methoxy groups -OCH3 is 2. The van der Waals surface area contributed by atoms with E-state index in [9.17, 15) is 23.6 Å². The summed E-state index contributed by atoms with van der Waals surface area (Å²) in [6, 6.07) is 17.7. The highest BCUT2D eigenvalue weighted by Crippen LogP contribution is 2.27. The largest absolute Gasteiger partial charge is 0.493 e. The molecule has 3 aromatic carbocycles. The van der Waals surface area contributed by atoms with Crippen LogP contribution in [0.25, 0.3) is 10.9 Å². The predicted octanol–water partition coefficient (Wildman–Crippen LogP) is 3.10. The number of benzene rings is 3. The third-order valence-electron chi connectivity index (χ3n) is 6.55. The molecule has 4 aromatic rings. The summed E-state index contributed by atoms with van der Waals surface area (Å²) < 4.78 is 26.7. The Morgan fingerprint density at radius 2 is 1.61 bits per heavy atom. The lowest BCUT2D eigenvalue weighted by Crippen LogP contribution is -2.42. The number of carbonyl (C=O) groups excluding carboxylic acids is 2. The lowest BCUT2D eigenvalue weighted by atomic mass is 10.1. The van der Waals surface area contributed by atoms with Crippen molar-refractivity contribution < 1.29 is 23.5 Å². The molecule has 1 heterocycles. The monoisotopic (exact) mass is 562 g/mol. The summed E-state index contributed by atoms with van der Waals surface area (Å²) in [7, 11) is 3.11. The molecule has 0 radical (unpaired) electrons. The van der Waals surface area contributed by atoms with Crippen LogP contribution < -0.4 is 31.4 Å². The van der Waals surface area contributed by atoms with Gasteiger partial charge >= 0.3 is 5.69 Å². The predicted molar refractivity (Wildman–Crippen MR) is 153 cm³/mol. The van der Waals surface area contributed by atoms with Crippen molar-refractivity contribution in [1.29, 1.82) is 0 Å². The number of fused-ring (bicyclic) bond motifs is 1. The lowest BCUT2D eigenvalue weighted by molar-refractivity contribution is -0.121. The summed E-state index contributed by atoms with van der Waals surface area (Å²) >= 11 is 0. The van der Waals surface area contributed by atoms with E-state index < -0.39 is 29.5 Å². The van der Waals surface area contributed by atoms with E-state index >= 15 is 0 Å². The van der Waals surface area contributed by atoms with E-state index in [-0.39, 0.29) is 41.9 Å². The Balaban J connectivity index is 1.40. The molecule has 0 unspecified atom stereocenters. The van der Waals surface area contributed by atoms with Crippen LogP contribution in [0.15, 0.2) is 76.3 Å². The third-order valence-corrected chi connectivity index (χ3v) is 6.55. The van der Waals surface area contributed by atoms with E-state index in [4.69, 9.17) is 9.47 Å². The number of rotatable bonds is 12. The van der Waals surface area contributed by atoms with E-state index in [0.717, 1.165) is 10.1 Å². The van der Waals surface area contributed by atoms with Gasteiger partial charge < -0.3 is 20.1 Å². The van der Waals surface area contributed by atoms with Crippen molar-refractivity contribution in [2.75, 3.05) is 26.1 Å². The van der Waals surface area contributed by atoms with Gasteiger partial charge in [-0.3, -0.25) is 23.5 Å². The molecule has 0 aliphatic carbocycles. The SMILES string of the molecule is COc1ccc(CCNC(=O)CCCn2c(=O)c3ccccc3n(CC(=O)Nc3ccccc3F)c2=O)cc1OC. The number of anilines is 1. The molecule has 2 amide bonds. The number of ether oxygens (including phenoxy) is 2. The molecule has 0 bridgehead atoms. The summed E-state index contributed by atoms with van der Waals surface area (Å²) in [4.78, 5) is 51.6. The summed E-state index contributed by atoms with van der Waals surface area (Å²) in [6.07, 6.45) is 0.908. The number of nitrogens with one attached hydrogen (secondary N) is 2. The Kier molecular flexibility index (Phi) is 9.51. The molecule has 0 aliphatic heterocycles. The molecular formula is C30H31FN4O6. The van der Waals surface area contributed by atoms with Crippen molar-refractivity contribution in [1.82, 2.24) is 14.5 Å². The molecule has 10 nitrogen and oxygen atoms in total. The van der Waals surface area contributed by atoms with Crippen LogP contribution in [0.1, 0.15) is 18.4 Å². The number of para-hydroxylation sites is 2. The first-order valence-corrected chi connectivity index (χ1v) is 13.1. The maximum absolute atomic E-state index is 14.0. The van der Waals surface area contributed by atoms with Gasteiger partial charge in [-0.15, -0.1) is 0 Å². The maximum atomic E-state index is 14.0. The minimum absolute atomic E-state index is 0.0134. The van der Waals surface area contributed by atoms with Crippen molar-refractivity contribution in [3.8, 4) is 11.5 Å². The Hall–Kier alpha value is -4.93. The van der Waals surface area contributed by atoms with Gasteiger partial charge in [0.25, 0.3) is 5.56 Å². The zero-order valence-electron chi connectivity index (χ0n) is 22.8. The summed E-state index contributed by atoms with van der Waals surface area (Å²) in [5, 5.41) is 5.56. The first-order valence-electron chi connectivity index (χ1n) is 13.1. The van der Waals surface area contributed by atoms with Crippen LogP contribution in [0.2, 0.25) is 0 Å².